The molecule has 0 atom stereocenters. The summed E-state index contributed by atoms with van der Waals surface area (Å²) in [4.78, 5) is 0. The maximum atomic E-state index is 3.63. The normalized spacial score (nSPS) is 13.9. The molecule has 0 aliphatic heterocycles. The average Bonchev–Trinajstić information content (AvgIpc) is 2.13. The van der Waals surface area contributed by atoms with E-state index < -0.39 is 0 Å². The second kappa shape index (κ2) is 8.06. The fourth-order valence-electron chi connectivity index (χ4n) is 0.898. The lowest BCUT2D eigenvalue weighted by atomic mass is 10.2. The van der Waals surface area contributed by atoms with E-state index in [-0.39, 0.29) is 0 Å². The van der Waals surface area contributed by atoms with Gasteiger partial charge in [-0.15, -0.1) is 0 Å². The molecule has 0 rings (SSSR count). The standard InChI is InChI=1S/C14H18/c1-5-9-13(3)11-7-8-12-14(4)10-6-2/h5-12H,1-2H2,3-4H3/b11-7-,12-8-,13-9+,14-10+. The second-order valence-electron chi connectivity index (χ2n) is 3.01. The van der Waals surface area contributed by atoms with E-state index in [1.54, 1.807) is 12.2 Å². The van der Waals surface area contributed by atoms with Gasteiger partial charge in [-0.1, -0.05) is 72.9 Å². The van der Waals surface area contributed by atoms with Crippen LogP contribution in [0.2, 0.25) is 0 Å². The molecule has 0 heteroatoms. The summed E-state index contributed by atoms with van der Waals surface area (Å²) in [5, 5.41) is 0. The lowest BCUT2D eigenvalue weighted by molar-refractivity contribution is 1.50. The van der Waals surface area contributed by atoms with Crippen LogP contribution in [-0.2, 0) is 0 Å². The molecule has 0 nitrogen and oxygen atoms in total. The van der Waals surface area contributed by atoms with Gasteiger partial charge in [0.15, 0.2) is 0 Å². The topological polar surface area (TPSA) is 0 Å². The highest BCUT2D eigenvalue weighted by Crippen LogP contribution is 1.98. The largest absolute Gasteiger partial charge is 0.0991 e. The Kier molecular flexibility index (Phi) is 7.16. The molecule has 0 aliphatic rings. The van der Waals surface area contributed by atoms with Gasteiger partial charge in [0.2, 0.25) is 0 Å². The summed E-state index contributed by atoms with van der Waals surface area (Å²) in [7, 11) is 0. The molecular formula is C14H18. The number of allylic oxidation sites excluding steroid dienone is 10. The summed E-state index contributed by atoms with van der Waals surface area (Å²) in [6, 6.07) is 0. The van der Waals surface area contributed by atoms with Crippen molar-refractivity contribution in [3.63, 3.8) is 0 Å². The van der Waals surface area contributed by atoms with Crippen molar-refractivity contribution < 1.29 is 0 Å². The van der Waals surface area contributed by atoms with Gasteiger partial charge in [-0.2, -0.15) is 0 Å². The van der Waals surface area contributed by atoms with Crippen LogP contribution in [0, 0.1) is 0 Å². The Labute approximate surface area is 87.3 Å². The van der Waals surface area contributed by atoms with E-state index in [0.29, 0.717) is 0 Å². The zero-order chi connectivity index (χ0) is 10.8. The zero-order valence-electron chi connectivity index (χ0n) is 9.03. The van der Waals surface area contributed by atoms with Crippen molar-refractivity contribution in [2.75, 3.05) is 0 Å². The summed E-state index contributed by atoms with van der Waals surface area (Å²) < 4.78 is 0. The van der Waals surface area contributed by atoms with Gasteiger partial charge in [0.1, 0.15) is 0 Å². The first-order chi connectivity index (χ1) is 6.70. The van der Waals surface area contributed by atoms with Crippen LogP contribution in [0.25, 0.3) is 0 Å². The maximum Gasteiger partial charge on any atom is -0.0398 e. The fraction of sp³-hybridized carbons (Fsp3) is 0.143. The molecule has 0 N–H and O–H groups in total. The molecule has 0 radical (unpaired) electrons. The van der Waals surface area contributed by atoms with E-state index in [0.717, 1.165) is 0 Å². The molecule has 0 saturated heterocycles. The predicted molar refractivity (Wildman–Crippen MR) is 66.2 cm³/mol. The van der Waals surface area contributed by atoms with Gasteiger partial charge in [0.25, 0.3) is 0 Å². The summed E-state index contributed by atoms with van der Waals surface area (Å²) in [6.07, 6.45) is 15.6. The van der Waals surface area contributed by atoms with Crippen LogP contribution in [0.4, 0.5) is 0 Å². The van der Waals surface area contributed by atoms with Gasteiger partial charge in [-0.25, -0.2) is 0 Å². The van der Waals surface area contributed by atoms with E-state index >= 15 is 0 Å². The molecule has 0 aromatic carbocycles. The van der Waals surface area contributed by atoms with Gasteiger partial charge in [-0.3, -0.25) is 0 Å². The van der Waals surface area contributed by atoms with Crippen molar-refractivity contribution in [3.05, 3.63) is 72.9 Å². The van der Waals surface area contributed by atoms with Crippen molar-refractivity contribution in [3.8, 4) is 0 Å². The Hall–Kier alpha value is -1.56. The van der Waals surface area contributed by atoms with Crippen LogP contribution in [0.1, 0.15) is 13.8 Å². The molecule has 0 fully saturated rings. The lowest BCUT2D eigenvalue weighted by Gasteiger charge is -1.87. The third-order valence-electron chi connectivity index (χ3n) is 1.59. The highest BCUT2D eigenvalue weighted by Gasteiger charge is 1.77. The van der Waals surface area contributed by atoms with Gasteiger partial charge in [-0.05, 0) is 13.8 Å². The highest BCUT2D eigenvalue weighted by molar-refractivity contribution is 5.27. The molecule has 0 aliphatic carbocycles. The minimum absolute atomic E-state index is 1.19. The molecule has 74 valence electrons. The van der Waals surface area contributed by atoms with Crippen LogP contribution < -0.4 is 0 Å². The zero-order valence-corrected chi connectivity index (χ0v) is 9.03. The van der Waals surface area contributed by atoms with E-state index in [2.05, 4.69) is 13.2 Å². The predicted octanol–water partition coefficient (Wildman–Crippen LogP) is 4.36. The molecule has 0 unspecified atom stereocenters. The Morgan fingerprint density at radius 1 is 0.786 bits per heavy atom. The molecule has 0 aromatic rings. The van der Waals surface area contributed by atoms with Crippen molar-refractivity contribution in [1.82, 2.24) is 0 Å². The van der Waals surface area contributed by atoms with Crippen molar-refractivity contribution >= 4 is 0 Å². The van der Waals surface area contributed by atoms with Crippen molar-refractivity contribution in [2.24, 2.45) is 0 Å². The highest BCUT2D eigenvalue weighted by atomic mass is 13.8. The minimum atomic E-state index is 1.19. The lowest BCUT2D eigenvalue weighted by Crippen LogP contribution is -1.66. The monoisotopic (exact) mass is 186 g/mol. The molecule has 0 spiro atoms. The Morgan fingerprint density at radius 2 is 1.14 bits per heavy atom. The molecule has 14 heavy (non-hydrogen) atoms. The Morgan fingerprint density at radius 3 is 1.43 bits per heavy atom. The summed E-state index contributed by atoms with van der Waals surface area (Å²) in [5.74, 6) is 0. The third kappa shape index (κ3) is 7.11. The fourth-order valence-corrected chi connectivity index (χ4v) is 0.898. The van der Waals surface area contributed by atoms with E-state index in [1.807, 2.05) is 50.3 Å². The SMILES string of the molecule is C=C/C=C(C)/C=C\C=C/C(C)=C/C=C. The molecular weight excluding hydrogens is 168 g/mol. The smallest absolute Gasteiger partial charge is 0.0398 e. The van der Waals surface area contributed by atoms with Crippen LogP contribution >= 0.6 is 0 Å². The van der Waals surface area contributed by atoms with Crippen LogP contribution in [0.5, 0.6) is 0 Å². The second-order valence-corrected chi connectivity index (χ2v) is 3.01. The number of rotatable bonds is 5. The molecule has 0 saturated carbocycles. The van der Waals surface area contributed by atoms with Gasteiger partial charge in [0, 0.05) is 0 Å². The van der Waals surface area contributed by atoms with Crippen LogP contribution in [0.15, 0.2) is 72.9 Å². The van der Waals surface area contributed by atoms with Gasteiger partial charge in [0.05, 0.1) is 0 Å². The average molecular weight is 186 g/mol. The van der Waals surface area contributed by atoms with Crippen LogP contribution in [-0.4, -0.2) is 0 Å². The number of hydrogen-bond donors (Lipinski definition) is 0. The molecule has 0 amide bonds. The van der Waals surface area contributed by atoms with Crippen LogP contribution in [0.3, 0.4) is 0 Å². The van der Waals surface area contributed by atoms with Gasteiger partial charge >= 0.3 is 0 Å². The minimum Gasteiger partial charge on any atom is -0.0991 e. The van der Waals surface area contributed by atoms with Crippen molar-refractivity contribution in [1.29, 1.82) is 0 Å². The summed E-state index contributed by atoms with van der Waals surface area (Å²) in [5.41, 5.74) is 2.38. The van der Waals surface area contributed by atoms with E-state index in [4.69, 9.17) is 0 Å². The van der Waals surface area contributed by atoms with E-state index in [1.165, 1.54) is 11.1 Å². The van der Waals surface area contributed by atoms with E-state index in [9.17, 15) is 0 Å². The number of hydrogen-bond acceptors (Lipinski definition) is 0. The van der Waals surface area contributed by atoms with Gasteiger partial charge < -0.3 is 0 Å². The quantitative estimate of drug-likeness (QED) is 0.559. The Bertz CT molecular complexity index is 264. The third-order valence-corrected chi connectivity index (χ3v) is 1.59. The first-order valence-electron chi connectivity index (χ1n) is 4.64. The first kappa shape index (κ1) is 12.4. The molecule has 0 heterocycles. The maximum absolute atomic E-state index is 3.63. The molecule has 0 aromatic heterocycles. The van der Waals surface area contributed by atoms with Crippen molar-refractivity contribution in [2.45, 2.75) is 13.8 Å². The first-order valence-corrected chi connectivity index (χ1v) is 4.64. The molecule has 0 bridgehead atoms. The Balaban J connectivity index is 4.17. The summed E-state index contributed by atoms with van der Waals surface area (Å²) >= 11 is 0. The summed E-state index contributed by atoms with van der Waals surface area (Å²) in [6.45, 7) is 11.3.